The minimum atomic E-state index is -0.234. The van der Waals surface area contributed by atoms with Crippen LogP contribution in [0.1, 0.15) is 23.2 Å². The molecule has 2 aromatic rings. The van der Waals surface area contributed by atoms with Crippen molar-refractivity contribution in [1.82, 2.24) is 15.3 Å². The number of hydrogen-bond acceptors (Lipinski definition) is 6. The van der Waals surface area contributed by atoms with Crippen molar-refractivity contribution >= 4 is 5.91 Å². The Labute approximate surface area is 153 Å². The van der Waals surface area contributed by atoms with E-state index in [-0.39, 0.29) is 18.3 Å². The van der Waals surface area contributed by atoms with Gasteiger partial charge in [-0.05, 0) is 50.4 Å². The molecule has 1 saturated heterocycles. The fourth-order valence-corrected chi connectivity index (χ4v) is 2.65. The SMILES string of the molecule is CCOc1ccc(OCc2ccc(C(=O)NN3CCN(C)CC3)o2)cc1. The fraction of sp³-hybridized carbons (Fsp3) is 0.421. The molecule has 0 radical (unpaired) electrons. The number of piperazine rings is 1. The van der Waals surface area contributed by atoms with Gasteiger partial charge < -0.3 is 18.8 Å². The Kier molecular flexibility index (Phi) is 6.14. The molecule has 26 heavy (non-hydrogen) atoms. The van der Waals surface area contributed by atoms with Gasteiger partial charge in [0, 0.05) is 26.2 Å². The first kappa shape index (κ1) is 18.3. The van der Waals surface area contributed by atoms with Crippen molar-refractivity contribution < 1.29 is 18.7 Å². The van der Waals surface area contributed by atoms with Gasteiger partial charge in [-0.25, -0.2) is 5.01 Å². The third-order valence-corrected chi connectivity index (χ3v) is 4.16. The first-order valence-electron chi connectivity index (χ1n) is 8.83. The number of furan rings is 1. The summed E-state index contributed by atoms with van der Waals surface area (Å²) in [6.07, 6.45) is 0. The number of hydrogen-bond donors (Lipinski definition) is 1. The predicted molar refractivity (Wildman–Crippen MR) is 97.2 cm³/mol. The highest BCUT2D eigenvalue weighted by molar-refractivity contribution is 5.91. The Morgan fingerprint density at radius 2 is 1.69 bits per heavy atom. The molecule has 0 bridgehead atoms. The van der Waals surface area contributed by atoms with Gasteiger partial charge in [0.2, 0.25) is 0 Å². The molecule has 0 aliphatic carbocycles. The summed E-state index contributed by atoms with van der Waals surface area (Å²) in [5.41, 5.74) is 2.88. The summed E-state index contributed by atoms with van der Waals surface area (Å²) in [6, 6.07) is 10.8. The Balaban J connectivity index is 1.48. The van der Waals surface area contributed by atoms with Crippen LogP contribution >= 0.6 is 0 Å². The van der Waals surface area contributed by atoms with Crippen LogP contribution in [-0.2, 0) is 6.61 Å². The zero-order valence-electron chi connectivity index (χ0n) is 15.2. The Morgan fingerprint density at radius 1 is 1.04 bits per heavy atom. The standard InChI is InChI=1S/C19H25N3O4/c1-3-24-15-4-6-16(7-5-15)25-14-17-8-9-18(26-17)19(23)20-22-12-10-21(2)11-13-22/h4-9H,3,10-14H2,1-2H3,(H,20,23). The van der Waals surface area contributed by atoms with Crippen molar-refractivity contribution in [3.8, 4) is 11.5 Å². The number of benzene rings is 1. The van der Waals surface area contributed by atoms with Gasteiger partial charge in [0.25, 0.3) is 0 Å². The molecule has 1 aromatic carbocycles. The average molecular weight is 359 g/mol. The van der Waals surface area contributed by atoms with Crippen LogP contribution in [0.5, 0.6) is 11.5 Å². The topological polar surface area (TPSA) is 67.2 Å². The number of carbonyl (C=O) groups excluding carboxylic acids is 1. The molecule has 7 nitrogen and oxygen atoms in total. The first-order chi connectivity index (χ1) is 12.6. The van der Waals surface area contributed by atoms with E-state index >= 15 is 0 Å². The molecule has 1 amide bonds. The molecule has 2 heterocycles. The molecule has 1 fully saturated rings. The molecule has 7 heteroatoms. The van der Waals surface area contributed by atoms with Crippen LogP contribution in [-0.4, -0.2) is 55.6 Å². The molecule has 0 unspecified atom stereocenters. The van der Waals surface area contributed by atoms with Crippen LogP contribution < -0.4 is 14.9 Å². The molecule has 1 aliphatic rings. The Morgan fingerprint density at radius 3 is 2.35 bits per heavy atom. The minimum Gasteiger partial charge on any atom is -0.494 e. The lowest BCUT2D eigenvalue weighted by Crippen LogP contribution is -2.52. The van der Waals surface area contributed by atoms with Crippen LogP contribution in [0.25, 0.3) is 0 Å². The lowest BCUT2D eigenvalue weighted by molar-refractivity contribution is 0.0633. The van der Waals surface area contributed by atoms with Crippen molar-refractivity contribution in [1.29, 1.82) is 0 Å². The lowest BCUT2D eigenvalue weighted by Gasteiger charge is -2.32. The number of amides is 1. The molecule has 140 valence electrons. The largest absolute Gasteiger partial charge is 0.494 e. The van der Waals surface area contributed by atoms with E-state index in [0.717, 1.165) is 31.9 Å². The molecule has 1 N–H and O–H groups in total. The molecular weight excluding hydrogens is 334 g/mol. The van der Waals surface area contributed by atoms with E-state index in [9.17, 15) is 4.79 Å². The van der Waals surface area contributed by atoms with Gasteiger partial charge >= 0.3 is 5.91 Å². The average Bonchev–Trinajstić information content (AvgIpc) is 3.12. The summed E-state index contributed by atoms with van der Waals surface area (Å²) >= 11 is 0. The van der Waals surface area contributed by atoms with Gasteiger partial charge in [0.05, 0.1) is 6.61 Å². The maximum Gasteiger partial charge on any atom is 0.301 e. The normalized spacial score (nSPS) is 15.6. The number of rotatable bonds is 7. The molecule has 1 aliphatic heterocycles. The first-order valence-corrected chi connectivity index (χ1v) is 8.83. The Bertz CT molecular complexity index is 706. The van der Waals surface area contributed by atoms with Gasteiger partial charge in [-0.1, -0.05) is 0 Å². The molecule has 1 aromatic heterocycles. The Hall–Kier alpha value is -2.51. The van der Waals surface area contributed by atoms with Gasteiger partial charge in [-0.3, -0.25) is 10.2 Å². The van der Waals surface area contributed by atoms with E-state index in [4.69, 9.17) is 13.9 Å². The van der Waals surface area contributed by atoms with Crippen molar-refractivity contribution in [2.45, 2.75) is 13.5 Å². The summed E-state index contributed by atoms with van der Waals surface area (Å²) < 4.78 is 16.7. The van der Waals surface area contributed by atoms with Crippen molar-refractivity contribution in [3.63, 3.8) is 0 Å². The van der Waals surface area contributed by atoms with E-state index < -0.39 is 0 Å². The monoisotopic (exact) mass is 359 g/mol. The van der Waals surface area contributed by atoms with E-state index in [2.05, 4.69) is 17.4 Å². The third kappa shape index (κ3) is 5.00. The highest BCUT2D eigenvalue weighted by Crippen LogP contribution is 2.19. The van der Waals surface area contributed by atoms with Crippen LogP contribution in [0.4, 0.5) is 0 Å². The zero-order chi connectivity index (χ0) is 18.4. The van der Waals surface area contributed by atoms with E-state index in [1.807, 2.05) is 36.2 Å². The highest BCUT2D eigenvalue weighted by atomic mass is 16.5. The van der Waals surface area contributed by atoms with E-state index in [1.54, 1.807) is 12.1 Å². The van der Waals surface area contributed by atoms with Crippen molar-refractivity contribution in [3.05, 3.63) is 47.9 Å². The summed E-state index contributed by atoms with van der Waals surface area (Å²) in [4.78, 5) is 14.5. The number of ether oxygens (including phenoxy) is 2. The summed E-state index contributed by atoms with van der Waals surface area (Å²) in [7, 11) is 2.07. The highest BCUT2D eigenvalue weighted by Gasteiger charge is 2.18. The molecule has 0 spiro atoms. The van der Waals surface area contributed by atoms with Crippen molar-refractivity contribution in [2.24, 2.45) is 0 Å². The second-order valence-electron chi connectivity index (χ2n) is 6.19. The summed E-state index contributed by atoms with van der Waals surface area (Å²) in [5, 5.41) is 1.92. The molecule has 0 atom stereocenters. The quantitative estimate of drug-likeness (QED) is 0.817. The zero-order valence-corrected chi connectivity index (χ0v) is 15.2. The van der Waals surface area contributed by atoms with Crippen LogP contribution in [0.2, 0.25) is 0 Å². The number of hydrazine groups is 1. The fourth-order valence-electron chi connectivity index (χ4n) is 2.65. The van der Waals surface area contributed by atoms with Crippen LogP contribution in [0.3, 0.4) is 0 Å². The summed E-state index contributed by atoms with van der Waals surface area (Å²) in [5.74, 6) is 2.17. The number of likely N-dealkylation sites (N-methyl/N-ethyl adjacent to an activating group) is 1. The van der Waals surface area contributed by atoms with Gasteiger partial charge in [0.15, 0.2) is 5.76 Å². The van der Waals surface area contributed by atoms with Gasteiger partial charge in [-0.2, -0.15) is 0 Å². The third-order valence-electron chi connectivity index (χ3n) is 4.16. The van der Waals surface area contributed by atoms with Crippen molar-refractivity contribution in [2.75, 3.05) is 39.8 Å². The molecular formula is C19H25N3O4. The smallest absolute Gasteiger partial charge is 0.301 e. The van der Waals surface area contributed by atoms with Gasteiger partial charge in [-0.15, -0.1) is 0 Å². The predicted octanol–water partition coefficient (Wildman–Crippen LogP) is 2.15. The van der Waals surface area contributed by atoms with Gasteiger partial charge in [0.1, 0.15) is 23.9 Å². The number of carbonyl (C=O) groups is 1. The minimum absolute atomic E-state index is 0.234. The van der Waals surface area contributed by atoms with Crippen LogP contribution in [0, 0.1) is 0 Å². The van der Waals surface area contributed by atoms with Crippen LogP contribution in [0.15, 0.2) is 40.8 Å². The van der Waals surface area contributed by atoms with E-state index in [1.165, 1.54) is 0 Å². The maximum atomic E-state index is 12.3. The number of nitrogens with zero attached hydrogens (tertiary/aromatic N) is 2. The second kappa shape index (κ2) is 8.73. The maximum absolute atomic E-state index is 12.3. The lowest BCUT2D eigenvalue weighted by atomic mass is 10.3. The number of nitrogens with one attached hydrogen (secondary N) is 1. The molecule has 0 saturated carbocycles. The molecule has 3 rings (SSSR count). The second-order valence-corrected chi connectivity index (χ2v) is 6.19. The van der Waals surface area contributed by atoms with E-state index in [0.29, 0.717) is 18.1 Å². The summed E-state index contributed by atoms with van der Waals surface area (Å²) in [6.45, 7) is 6.30.